The Morgan fingerprint density at radius 1 is 1.02 bits per heavy atom. The summed E-state index contributed by atoms with van der Waals surface area (Å²) in [4.78, 5) is 44.6. The summed E-state index contributed by atoms with van der Waals surface area (Å²) < 4.78 is 25.9. The van der Waals surface area contributed by atoms with Crippen molar-refractivity contribution in [2.24, 2.45) is 0 Å². The first-order valence-corrected chi connectivity index (χ1v) is 14.8. The number of carbonyl (C=O) groups is 2. The lowest BCUT2D eigenvalue weighted by Crippen LogP contribution is -2.44. The lowest BCUT2D eigenvalue weighted by atomic mass is 10.2. The summed E-state index contributed by atoms with van der Waals surface area (Å²) in [7, 11) is 0. The highest BCUT2D eigenvalue weighted by Crippen LogP contribution is 2.35. The molecule has 1 aliphatic heterocycles. The molecule has 2 atom stereocenters. The molecule has 0 bridgehead atoms. The average molecular weight is 676 g/mol. The van der Waals surface area contributed by atoms with Crippen LogP contribution in [-0.4, -0.2) is 60.6 Å². The maximum absolute atomic E-state index is 13.2. The second-order valence-corrected chi connectivity index (χ2v) is 13.4. The highest BCUT2D eigenvalue weighted by atomic mass is 79.9. The van der Waals surface area contributed by atoms with Gasteiger partial charge in [-0.2, -0.15) is 4.90 Å². The van der Waals surface area contributed by atoms with Crippen LogP contribution in [0, 0.1) is 0 Å². The Morgan fingerprint density at radius 2 is 1.72 bits per heavy atom. The van der Waals surface area contributed by atoms with Crippen molar-refractivity contribution in [2.45, 2.75) is 77.9 Å². The van der Waals surface area contributed by atoms with Gasteiger partial charge in [-0.1, -0.05) is 11.6 Å². The average Bonchev–Trinajstić information content (AvgIpc) is 3.53. The molecule has 1 aromatic carbocycles. The molecule has 0 aliphatic carbocycles. The maximum Gasteiger partial charge on any atom is 0.425 e. The molecule has 5 rings (SSSR count). The van der Waals surface area contributed by atoms with Crippen LogP contribution in [0.15, 0.2) is 41.5 Å². The van der Waals surface area contributed by atoms with Gasteiger partial charge in [-0.25, -0.2) is 24.5 Å². The molecular weight excluding hydrogens is 644 g/mol. The zero-order valence-corrected chi connectivity index (χ0v) is 27.0. The van der Waals surface area contributed by atoms with Crippen molar-refractivity contribution >= 4 is 67.6 Å². The Hall–Kier alpha value is -3.55. The Morgan fingerprint density at radius 3 is 2.40 bits per heavy atom. The third-order valence-electron chi connectivity index (χ3n) is 6.23. The molecule has 2 unspecified atom stereocenters. The Bertz CT molecular complexity index is 1660. The number of hydrogen-bond acceptors (Lipinski definition) is 10. The van der Waals surface area contributed by atoms with E-state index in [4.69, 9.17) is 30.5 Å². The van der Waals surface area contributed by atoms with Gasteiger partial charge in [0.2, 0.25) is 0 Å². The minimum atomic E-state index is -0.944. The largest absolute Gasteiger partial charge is 0.489 e. The van der Waals surface area contributed by atoms with Crippen molar-refractivity contribution in [1.29, 1.82) is 0 Å². The molecule has 0 N–H and O–H groups in total. The highest BCUT2D eigenvalue weighted by Gasteiger charge is 2.36. The number of pyridine rings is 1. The predicted octanol–water partition coefficient (Wildman–Crippen LogP) is 7.22. The number of nitrogens with zero attached hydrogens (tertiary/aromatic N) is 6. The van der Waals surface area contributed by atoms with Crippen molar-refractivity contribution < 1.29 is 28.5 Å². The minimum Gasteiger partial charge on any atom is -0.489 e. The number of fused-ring (bicyclic) bond motifs is 2. The Kier molecular flexibility index (Phi) is 8.52. The summed E-state index contributed by atoms with van der Waals surface area (Å²) in [6.07, 6.45) is 3.35. The van der Waals surface area contributed by atoms with Crippen LogP contribution >= 0.6 is 27.5 Å². The first kappa shape index (κ1) is 30.9. The number of amides is 2. The molecule has 2 amide bonds. The monoisotopic (exact) mass is 674 g/mol. The normalized spacial score (nSPS) is 17.3. The summed E-state index contributed by atoms with van der Waals surface area (Å²) in [5.41, 5.74) is -0.391. The van der Waals surface area contributed by atoms with Crippen molar-refractivity contribution in [3.63, 3.8) is 0 Å². The summed E-state index contributed by atoms with van der Waals surface area (Å²) in [5.74, 6) is 0.461. The third kappa shape index (κ3) is 7.16. The highest BCUT2D eigenvalue weighted by molar-refractivity contribution is 9.10. The number of carbonyl (C=O) groups excluding carboxylic acids is 2. The minimum absolute atomic E-state index is 0.0586. The fourth-order valence-electron chi connectivity index (χ4n) is 4.49. The molecule has 4 aromatic rings. The molecule has 14 heteroatoms. The van der Waals surface area contributed by atoms with E-state index in [0.29, 0.717) is 29.3 Å². The number of hydrogen-bond donors (Lipinski definition) is 0. The van der Waals surface area contributed by atoms with Gasteiger partial charge in [0.15, 0.2) is 17.0 Å². The van der Waals surface area contributed by atoms with Gasteiger partial charge < -0.3 is 18.9 Å². The summed E-state index contributed by atoms with van der Waals surface area (Å²) in [6, 6.07) is 5.56. The van der Waals surface area contributed by atoms with Crippen LogP contribution in [0.25, 0.3) is 22.1 Å². The maximum atomic E-state index is 13.2. The van der Waals surface area contributed by atoms with E-state index in [1.807, 2.05) is 12.1 Å². The molecule has 1 fully saturated rings. The first-order valence-electron chi connectivity index (χ1n) is 13.7. The van der Waals surface area contributed by atoms with E-state index in [0.717, 1.165) is 20.3 Å². The zero-order chi connectivity index (χ0) is 31.1. The number of anilines is 1. The van der Waals surface area contributed by atoms with Gasteiger partial charge in [-0.05, 0) is 82.4 Å². The molecule has 12 nitrogen and oxygen atoms in total. The summed E-state index contributed by atoms with van der Waals surface area (Å²) in [6.45, 7) is 10.5. The molecule has 0 radical (unpaired) electrons. The molecule has 0 saturated carbocycles. The van der Waals surface area contributed by atoms with Gasteiger partial charge in [0.1, 0.15) is 36.1 Å². The van der Waals surface area contributed by atoms with Gasteiger partial charge in [0.25, 0.3) is 0 Å². The first-order chi connectivity index (χ1) is 20.2. The number of aromatic nitrogens is 5. The quantitative estimate of drug-likeness (QED) is 0.214. The van der Waals surface area contributed by atoms with Gasteiger partial charge in [0, 0.05) is 22.1 Å². The standard InChI is InChI=1S/C29H32BrClN6O6/c1-28(2,3)42-26(38)37(27(39)43-29(4,5)6)25-23-24(33-14-34-25)36(15-35-23)22-8-7-18(41-22)13-40-21-11-20-16(10-19(21)31)9-17(30)12-32-20/h9-12,14-15,18,22H,7-8,13H2,1-6H3. The molecule has 228 valence electrons. The van der Waals surface area contributed by atoms with Gasteiger partial charge in [-0.15, -0.1) is 0 Å². The van der Waals surface area contributed by atoms with Crippen LogP contribution in [0.5, 0.6) is 5.75 Å². The van der Waals surface area contributed by atoms with Crippen molar-refractivity contribution in [3.8, 4) is 5.75 Å². The lowest BCUT2D eigenvalue weighted by Gasteiger charge is -2.28. The van der Waals surface area contributed by atoms with Gasteiger partial charge in [0.05, 0.1) is 23.0 Å². The molecular formula is C29H32BrClN6O6. The number of ether oxygens (including phenoxy) is 4. The van der Waals surface area contributed by atoms with Crippen molar-refractivity contribution in [2.75, 3.05) is 11.5 Å². The van der Waals surface area contributed by atoms with Crippen LogP contribution in [0.4, 0.5) is 15.4 Å². The topological polar surface area (TPSA) is 131 Å². The van der Waals surface area contributed by atoms with E-state index in [1.165, 1.54) is 6.33 Å². The zero-order valence-electron chi connectivity index (χ0n) is 24.6. The van der Waals surface area contributed by atoms with E-state index >= 15 is 0 Å². The Balaban J connectivity index is 1.35. The molecule has 1 aliphatic rings. The van der Waals surface area contributed by atoms with E-state index in [-0.39, 0.29) is 24.0 Å². The van der Waals surface area contributed by atoms with Crippen LogP contribution in [-0.2, 0) is 14.2 Å². The number of rotatable bonds is 5. The van der Waals surface area contributed by atoms with Crippen LogP contribution in [0.1, 0.15) is 60.6 Å². The van der Waals surface area contributed by atoms with Crippen LogP contribution in [0.2, 0.25) is 5.02 Å². The second kappa shape index (κ2) is 11.9. The smallest absolute Gasteiger partial charge is 0.425 e. The fourth-order valence-corrected chi connectivity index (χ4v) is 5.06. The molecule has 43 heavy (non-hydrogen) atoms. The lowest BCUT2D eigenvalue weighted by molar-refractivity contribution is -0.0158. The third-order valence-corrected chi connectivity index (χ3v) is 6.95. The van der Waals surface area contributed by atoms with E-state index < -0.39 is 29.6 Å². The van der Waals surface area contributed by atoms with Crippen LogP contribution < -0.4 is 9.64 Å². The molecule has 1 saturated heterocycles. The summed E-state index contributed by atoms with van der Waals surface area (Å²) >= 11 is 9.89. The Labute approximate surface area is 261 Å². The SMILES string of the molecule is CC(C)(C)OC(=O)N(C(=O)OC(C)(C)C)c1ncnc2c1ncn2C1CCC(COc2cc3ncc(Br)cc3cc2Cl)O1. The molecule has 3 aromatic heterocycles. The van der Waals surface area contributed by atoms with Crippen molar-refractivity contribution in [1.82, 2.24) is 24.5 Å². The number of halogens is 2. The summed E-state index contributed by atoms with van der Waals surface area (Å²) in [5, 5.41) is 1.38. The number of imide groups is 1. The second-order valence-electron chi connectivity index (χ2n) is 12.0. The fraction of sp³-hybridized carbons (Fsp3) is 0.448. The molecule has 0 spiro atoms. The van der Waals surface area contributed by atoms with Gasteiger partial charge in [-0.3, -0.25) is 9.55 Å². The molecule has 4 heterocycles. The van der Waals surface area contributed by atoms with Crippen molar-refractivity contribution in [3.05, 3.63) is 46.5 Å². The number of benzene rings is 1. The van der Waals surface area contributed by atoms with Crippen LogP contribution in [0.3, 0.4) is 0 Å². The number of imidazole rings is 1. The van der Waals surface area contributed by atoms with Gasteiger partial charge >= 0.3 is 12.2 Å². The predicted molar refractivity (Wildman–Crippen MR) is 163 cm³/mol. The van der Waals surface area contributed by atoms with E-state index in [2.05, 4.69) is 35.9 Å². The van der Waals surface area contributed by atoms with E-state index in [1.54, 1.807) is 64.7 Å². The van der Waals surface area contributed by atoms with E-state index in [9.17, 15) is 9.59 Å².